The van der Waals surface area contributed by atoms with Gasteiger partial charge in [0.25, 0.3) is 0 Å². The van der Waals surface area contributed by atoms with E-state index < -0.39 is 0 Å². The monoisotopic (exact) mass is 453 g/mol. The fourth-order valence-electron chi connectivity index (χ4n) is 3.62. The molecule has 4 heterocycles. The number of halogens is 1. The third kappa shape index (κ3) is 4.27. The summed E-state index contributed by atoms with van der Waals surface area (Å²) < 4.78 is 6.03. The van der Waals surface area contributed by atoms with Gasteiger partial charge in [-0.25, -0.2) is 9.98 Å². The summed E-state index contributed by atoms with van der Waals surface area (Å²) >= 11 is 7.79. The van der Waals surface area contributed by atoms with E-state index in [4.69, 9.17) is 16.3 Å². The van der Waals surface area contributed by atoms with Crippen LogP contribution in [0.1, 0.15) is 16.9 Å². The lowest BCUT2D eigenvalue weighted by Gasteiger charge is -2.15. The second kappa shape index (κ2) is 8.30. The molecule has 2 aromatic heterocycles. The van der Waals surface area contributed by atoms with Crippen LogP contribution in [0.2, 0.25) is 5.02 Å². The standard InChI is InChI=1S/C22H20ClN5O2S/c1-28-8-6-15(12-28)30-14-4-5-18(17(23)10-14)26-22-27-21(29)19(31-22)9-13-11-25-20-16(13)3-2-7-24-20/h2-5,7,9-11,15,29H,6,8,12H2,1H3,(H,26,27). The van der Waals surface area contributed by atoms with E-state index in [9.17, 15) is 5.11 Å². The number of benzene rings is 1. The summed E-state index contributed by atoms with van der Waals surface area (Å²) in [4.78, 5) is 15.6. The number of anilines is 2. The lowest BCUT2D eigenvalue weighted by Crippen LogP contribution is -2.21. The minimum Gasteiger partial charge on any atom is -0.492 e. The zero-order valence-corrected chi connectivity index (χ0v) is 18.3. The average molecular weight is 454 g/mol. The molecule has 2 N–H and O–H groups in total. The Labute approximate surface area is 188 Å². The number of thiazole rings is 1. The zero-order valence-electron chi connectivity index (χ0n) is 16.7. The van der Waals surface area contributed by atoms with E-state index in [0.717, 1.165) is 36.4 Å². The first-order valence-corrected chi connectivity index (χ1v) is 11.1. The van der Waals surface area contributed by atoms with Gasteiger partial charge in [0.1, 0.15) is 11.9 Å². The van der Waals surface area contributed by atoms with Gasteiger partial charge in [0.05, 0.1) is 15.6 Å². The molecule has 0 saturated carbocycles. The Morgan fingerprint density at radius 3 is 3.06 bits per heavy atom. The number of allylic oxidation sites excluding steroid dienone is 1. The molecular weight excluding hydrogens is 434 g/mol. The molecule has 0 aliphatic carbocycles. The van der Waals surface area contributed by atoms with Gasteiger partial charge in [-0.05, 0) is 43.8 Å². The maximum absolute atomic E-state index is 10.3. The smallest absolute Gasteiger partial charge is 0.231 e. The lowest BCUT2D eigenvalue weighted by molar-refractivity contribution is 0.208. The number of aliphatic imine (C=N–C) groups is 1. The van der Waals surface area contributed by atoms with Crippen molar-refractivity contribution in [3.8, 4) is 11.6 Å². The van der Waals surface area contributed by atoms with Crippen LogP contribution in [0, 0.1) is 0 Å². The molecule has 1 atom stereocenters. The SMILES string of the molecule is CN1CCC(Oc2ccc(Nc3nc(O)c(C=C4C=Nc5ncccc54)s3)c(Cl)c2)C1. The molecule has 3 aromatic rings. The summed E-state index contributed by atoms with van der Waals surface area (Å²) in [6, 6.07) is 9.37. The molecule has 1 fully saturated rings. The van der Waals surface area contributed by atoms with Crippen LogP contribution < -0.4 is 10.1 Å². The van der Waals surface area contributed by atoms with Gasteiger partial charge < -0.3 is 20.1 Å². The largest absolute Gasteiger partial charge is 0.492 e. The van der Waals surface area contributed by atoms with Crippen molar-refractivity contribution in [2.45, 2.75) is 12.5 Å². The number of rotatable bonds is 5. The summed E-state index contributed by atoms with van der Waals surface area (Å²) in [6.45, 7) is 1.96. The highest BCUT2D eigenvalue weighted by molar-refractivity contribution is 7.16. The summed E-state index contributed by atoms with van der Waals surface area (Å²) in [6.07, 6.45) is 6.49. The summed E-state index contributed by atoms with van der Waals surface area (Å²) in [5.41, 5.74) is 2.50. The molecule has 1 saturated heterocycles. The van der Waals surface area contributed by atoms with Gasteiger partial charge >= 0.3 is 0 Å². The number of nitrogens with zero attached hydrogens (tertiary/aromatic N) is 4. The molecule has 0 amide bonds. The number of nitrogens with one attached hydrogen (secondary N) is 1. The van der Waals surface area contributed by atoms with E-state index in [0.29, 0.717) is 26.5 Å². The fourth-order valence-corrected chi connectivity index (χ4v) is 4.66. The van der Waals surface area contributed by atoms with Crippen LogP contribution in [0.3, 0.4) is 0 Å². The number of aromatic nitrogens is 2. The maximum Gasteiger partial charge on any atom is 0.231 e. The number of fused-ring (bicyclic) bond motifs is 1. The van der Waals surface area contributed by atoms with Gasteiger partial charge in [0.2, 0.25) is 5.88 Å². The van der Waals surface area contributed by atoms with Gasteiger partial charge in [-0.1, -0.05) is 22.9 Å². The molecule has 5 rings (SSSR count). The van der Waals surface area contributed by atoms with E-state index in [1.54, 1.807) is 18.5 Å². The Morgan fingerprint density at radius 1 is 1.35 bits per heavy atom. The first kappa shape index (κ1) is 20.0. The summed E-state index contributed by atoms with van der Waals surface area (Å²) in [5.74, 6) is 1.37. The minimum atomic E-state index is -0.0489. The number of likely N-dealkylation sites (N-methyl/N-ethyl adjacent to an activating group) is 1. The van der Waals surface area contributed by atoms with Crippen molar-refractivity contribution in [1.82, 2.24) is 14.9 Å². The Kier molecular flexibility index (Phi) is 5.35. The number of pyridine rings is 1. The van der Waals surface area contributed by atoms with Crippen molar-refractivity contribution in [3.63, 3.8) is 0 Å². The Bertz CT molecular complexity index is 1190. The van der Waals surface area contributed by atoms with Crippen LogP contribution in [0.15, 0.2) is 41.5 Å². The third-order valence-electron chi connectivity index (χ3n) is 5.18. The van der Waals surface area contributed by atoms with Gasteiger partial charge in [-0.3, -0.25) is 0 Å². The first-order chi connectivity index (χ1) is 15.0. The molecule has 1 unspecified atom stereocenters. The number of hydrogen-bond donors (Lipinski definition) is 2. The van der Waals surface area contributed by atoms with Crippen LogP contribution >= 0.6 is 22.9 Å². The van der Waals surface area contributed by atoms with E-state index >= 15 is 0 Å². The van der Waals surface area contributed by atoms with Crippen LogP contribution in [0.5, 0.6) is 11.6 Å². The van der Waals surface area contributed by atoms with E-state index in [1.165, 1.54) is 11.3 Å². The predicted octanol–water partition coefficient (Wildman–Crippen LogP) is 4.98. The molecule has 7 nitrogen and oxygen atoms in total. The molecule has 0 radical (unpaired) electrons. The van der Waals surface area contributed by atoms with Gasteiger partial charge in [-0.2, -0.15) is 4.98 Å². The molecule has 0 spiro atoms. The molecule has 0 bridgehead atoms. The summed E-state index contributed by atoms with van der Waals surface area (Å²) in [7, 11) is 2.09. The number of hydrogen-bond acceptors (Lipinski definition) is 8. The molecule has 158 valence electrons. The van der Waals surface area contributed by atoms with Crippen molar-refractivity contribution in [2.24, 2.45) is 4.99 Å². The molecule has 2 aliphatic heterocycles. The Hall–Kier alpha value is -2.94. The van der Waals surface area contributed by atoms with Crippen molar-refractivity contribution in [2.75, 3.05) is 25.5 Å². The normalized spacial score (nSPS) is 19.2. The van der Waals surface area contributed by atoms with Crippen LogP contribution in [-0.2, 0) is 0 Å². The van der Waals surface area contributed by atoms with Crippen molar-refractivity contribution in [1.29, 1.82) is 0 Å². The predicted molar refractivity (Wildman–Crippen MR) is 125 cm³/mol. The zero-order chi connectivity index (χ0) is 21.4. The molecule has 9 heteroatoms. The van der Waals surface area contributed by atoms with E-state index in [1.807, 2.05) is 30.3 Å². The second-order valence-corrected chi connectivity index (χ2v) is 8.93. The maximum atomic E-state index is 10.3. The molecular formula is C22H20ClN5O2S. The Morgan fingerprint density at radius 2 is 2.26 bits per heavy atom. The van der Waals surface area contributed by atoms with Crippen LogP contribution in [0.4, 0.5) is 16.6 Å². The van der Waals surface area contributed by atoms with Gasteiger partial charge in [-0.15, -0.1) is 0 Å². The van der Waals surface area contributed by atoms with E-state index in [-0.39, 0.29) is 12.0 Å². The van der Waals surface area contributed by atoms with E-state index in [2.05, 4.69) is 32.2 Å². The number of ether oxygens (including phenoxy) is 1. The lowest BCUT2D eigenvalue weighted by atomic mass is 10.1. The van der Waals surface area contributed by atoms with Gasteiger partial charge in [0.15, 0.2) is 10.9 Å². The van der Waals surface area contributed by atoms with Crippen LogP contribution in [0.25, 0.3) is 11.6 Å². The average Bonchev–Trinajstić information content (AvgIpc) is 3.44. The van der Waals surface area contributed by atoms with Crippen molar-refractivity contribution < 1.29 is 9.84 Å². The molecule has 2 aliphatic rings. The highest BCUT2D eigenvalue weighted by Gasteiger charge is 2.21. The van der Waals surface area contributed by atoms with Gasteiger partial charge in [0, 0.05) is 42.7 Å². The third-order valence-corrected chi connectivity index (χ3v) is 6.40. The Balaban J connectivity index is 1.31. The number of likely N-dealkylation sites (tertiary alicyclic amines) is 1. The molecule has 31 heavy (non-hydrogen) atoms. The summed E-state index contributed by atoms with van der Waals surface area (Å²) in [5, 5.41) is 14.6. The minimum absolute atomic E-state index is 0.0489. The topological polar surface area (TPSA) is 82.9 Å². The second-order valence-electron chi connectivity index (χ2n) is 7.50. The van der Waals surface area contributed by atoms with Crippen LogP contribution in [-0.4, -0.2) is 52.4 Å². The van der Waals surface area contributed by atoms with Crippen molar-refractivity contribution in [3.05, 3.63) is 52.0 Å². The van der Waals surface area contributed by atoms with Crippen molar-refractivity contribution >= 4 is 57.4 Å². The highest BCUT2D eigenvalue weighted by atomic mass is 35.5. The molecule has 1 aromatic carbocycles. The quantitative estimate of drug-likeness (QED) is 0.567. The highest BCUT2D eigenvalue weighted by Crippen LogP contribution is 2.37. The first-order valence-electron chi connectivity index (χ1n) is 9.88. The fraction of sp³-hybridized carbons (Fsp3) is 0.227. The number of aromatic hydroxyl groups is 1.